The van der Waals surface area contributed by atoms with Gasteiger partial charge in [-0.05, 0) is 67.1 Å². The molecule has 0 aliphatic carbocycles. The standard InChI is InChI=1S/C23H20N4O5S/c1-16-4-2-5-18(14-16)31-15-19-8-11-21(32-19)22(28)26-17-6-9-20(10-7-17)33(29,30)27-23-24-12-3-13-25-23/h2-14H,15H2,1H3,(H,26,28)(H,24,25,27). The van der Waals surface area contributed by atoms with Gasteiger partial charge in [-0.1, -0.05) is 12.1 Å². The largest absolute Gasteiger partial charge is 0.486 e. The molecule has 4 rings (SSSR count). The van der Waals surface area contributed by atoms with E-state index in [4.69, 9.17) is 9.15 Å². The van der Waals surface area contributed by atoms with E-state index in [1.165, 1.54) is 36.7 Å². The molecule has 0 radical (unpaired) electrons. The minimum Gasteiger partial charge on any atom is -0.486 e. The number of hydrogen-bond donors (Lipinski definition) is 2. The van der Waals surface area contributed by atoms with Crippen molar-refractivity contribution in [2.75, 3.05) is 10.0 Å². The fourth-order valence-electron chi connectivity index (χ4n) is 2.88. The highest BCUT2D eigenvalue weighted by molar-refractivity contribution is 7.92. The number of anilines is 2. The van der Waals surface area contributed by atoms with Gasteiger partial charge in [0, 0.05) is 18.1 Å². The second-order valence-corrected chi connectivity index (χ2v) is 8.71. The Kier molecular flexibility index (Phi) is 6.36. The van der Waals surface area contributed by atoms with Crippen LogP contribution in [0.4, 0.5) is 11.6 Å². The second kappa shape index (κ2) is 9.53. The van der Waals surface area contributed by atoms with Crippen molar-refractivity contribution < 1.29 is 22.4 Å². The molecule has 0 saturated carbocycles. The summed E-state index contributed by atoms with van der Waals surface area (Å²) in [6.07, 6.45) is 2.86. The number of amides is 1. The summed E-state index contributed by atoms with van der Waals surface area (Å²) in [7, 11) is -3.86. The van der Waals surface area contributed by atoms with Crippen molar-refractivity contribution in [1.82, 2.24) is 9.97 Å². The lowest BCUT2D eigenvalue weighted by Gasteiger charge is -2.08. The minimum absolute atomic E-state index is 0.00142. The van der Waals surface area contributed by atoms with E-state index in [1.807, 2.05) is 31.2 Å². The third-order valence-electron chi connectivity index (χ3n) is 4.47. The van der Waals surface area contributed by atoms with Crippen LogP contribution in [0.5, 0.6) is 5.75 Å². The molecule has 0 bridgehead atoms. The van der Waals surface area contributed by atoms with Gasteiger partial charge in [0.05, 0.1) is 4.90 Å². The third kappa shape index (κ3) is 5.74. The normalized spacial score (nSPS) is 11.1. The molecule has 1 amide bonds. The van der Waals surface area contributed by atoms with Crippen LogP contribution in [0.2, 0.25) is 0 Å². The van der Waals surface area contributed by atoms with E-state index in [0.717, 1.165) is 5.56 Å². The zero-order valence-electron chi connectivity index (χ0n) is 17.6. The number of ether oxygens (including phenoxy) is 1. The van der Waals surface area contributed by atoms with Crippen LogP contribution in [0, 0.1) is 6.92 Å². The Balaban J connectivity index is 1.36. The van der Waals surface area contributed by atoms with Gasteiger partial charge < -0.3 is 14.5 Å². The van der Waals surface area contributed by atoms with Gasteiger partial charge in [0.25, 0.3) is 15.9 Å². The minimum atomic E-state index is -3.86. The number of carbonyl (C=O) groups is 1. The Labute approximate surface area is 190 Å². The molecule has 2 aromatic heterocycles. The summed E-state index contributed by atoms with van der Waals surface area (Å²) < 4.78 is 38.4. The zero-order chi connectivity index (χ0) is 23.3. The van der Waals surface area contributed by atoms with E-state index in [1.54, 1.807) is 18.2 Å². The van der Waals surface area contributed by atoms with Gasteiger partial charge in [0.2, 0.25) is 5.95 Å². The van der Waals surface area contributed by atoms with E-state index < -0.39 is 15.9 Å². The van der Waals surface area contributed by atoms with Crippen molar-refractivity contribution in [3.63, 3.8) is 0 Å². The van der Waals surface area contributed by atoms with Crippen molar-refractivity contribution in [3.8, 4) is 5.75 Å². The molecule has 2 heterocycles. The summed E-state index contributed by atoms with van der Waals surface area (Å²) in [4.78, 5) is 20.2. The molecule has 0 aliphatic heterocycles. The quantitative estimate of drug-likeness (QED) is 0.404. The number of aryl methyl sites for hydroxylation is 1. The number of rotatable bonds is 8. The number of sulfonamides is 1. The zero-order valence-corrected chi connectivity index (χ0v) is 18.4. The number of nitrogens with one attached hydrogen (secondary N) is 2. The second-order valence-electron chi connectivity index (χ2n) is 7.03. The molecule has 0 fully saturated rings. The smallest absolute Gasteiger partial charge is 0.291 e. The predicted molar refractivity (Wildman–Crippen MR) is 121 cm³/mol. The summed E-state index contributed by atoms with van der Waals surface area (Å²) in [5.41, 5.74) is 1.49. The summed E-state index contributed by atoms with van der Waals surface area (Å²) in [6, 6.07) is 18.1. The van der Waals surface area contributed by atoms with Crippen LogP contribution in [-0.4, -0.2) is 24.3 Å². The van der Waals surface area contributed by atoms with Gasteiger partial charge >= 0.3 is 0 Å². The Morgan fingerprint density at radius 1 is 1.00 bits per heavy atom. The van der Waals surface area contributed by atoms with Gasteiger partial charge in [-0.15, -0.1) is 0 Å². The summed E-state index contributed by atoms with van der Waals surface area (Å²) in [6.45, 7) is 2.15. The number of hydrogen-bond acceptors (Lipinski definition) is 7. The van der Waals surface area contributed by atoms with Gasteiger partial charge in [0.15, 0.2) is 5.76 Å². The molecule has 0 atom stereocenters. The van der Waals surface area contributed by atoms with Crippen LogP contribution in [0.15, 0.2) is 88.4 Å². The van der Waals surface area contributed by atoms with E-state index >= 15 is 0 Å². The maximum absolute atomic E-state index is 12.5. The lowest BCUT2D eigenvalue weighted by atomic mass is 10.2. The van der Waals surface area contributed by atoms with Crippen LogP contribution in [-0.2, 0) is 16.6 Å². The first kappa shape index (κ1) is 22.0. The van der Waals surface area contributed by atoms with Crippen molar-refractivity contribution >= 4 is 27.6 Å². The highest BCUT2D eigenvalue weighted by Gasteiger charge is 2.16. The lowest BCUT2D eigenvalue weighted by Crippen LogP contribution is -2.15. The first-order valence-corrected chi connectivity index (χ1v) is 11.4. The SMILES string of the molecule is Cc1cccc(OCc2ccc(C(=O)Nc3ccc(S(=O)(=O)Nc4ncccn4)cc3)o2)c1. The van der Waals surface area contributed by atoms with Gasteiger partial charge in [-0.3, -0.25) is 4.79 Å². The number of furan rings is 1. The van der Waals surface area contributed by atoms with Gasteiger partial charge in [-0.2, -0.15) is 0 Å². The fourth-order valence-corrected chi connectivity index (χ4v) is 3.84. The summed E-state index contributed by atoms with van der Waals surface area (Å²) in [5.74, 6) is 0.814. The van der Waals surface area contributed by atoms with Crippen molar-refractivity contribution in [2.24, 2.45) is 0 Å². The number of aromatic nitrogens is 2. The van der Waals surface area contributed by atoms with Gasteiger partial charge in [-0.25, -0.2) is 23.1 Å². The van der Waals surface area contributed by atoms with Crippen molar-refractivity contribution in [3.05, 3.63) is 96.2 Å². The van der Waals surface area contributed by atoms with Crippen LogP contribution >= 0.6 is 0 Å². The fraction of sp³-hybridized carbons (Fsp3) is 0.0870. The molecule has 9 nitrogen and oxygen atoms in total. The van der Waals surface area contributed by atoms with Crippen molar-refractivity contribution in [1.29, 1.82) is 0 Å². The maximum atomic E-state index is 12.5. The van der Waals surface area contributed by atoms with Crippen LogP contribution in [0.3, 0.4) is 0 Å². The third-order valence-corrected chi connectivity index (χ3v) is 5.81. The predicted octanol–water partition coefficient (Wildman–Crippen LogP) is 4.01. The first-order chi connectivity index (χ1) is 15.9. The molecule has 2 aromatic carbocycles. The Morgan fingerprint density at radius 3 is 2.48 bits per heavy atom. The van der Waals surface area contributed by atoms with E-state index in [2.05, 4.69) is 20.0 Å². The number of carbonyl (C=O) groups excluding carboxylic acids is 1. The Bertz CT molecular complexity index is 1350. The van der Waals surface area contributed by atoms with Crippen LogP contribution < -0.4 is 14.8 Å². The molecule has 0 aliphatic rings. The van der Waals surface area contributed by atoms with Gasteiger partial charge in [0.1, 0.15) is 18.1 Å². The molecule has 4 aromatic rings. The first-order valence-electron chi connectivity index (χ1n) is 9.88. The highest BCUT2D eigenvalue weighted by Crippen LogP contribution is 2.19. The molecule has 2 N–H and O–H groups in total. The van der Waals surface area contributed by atoms with Crippen molar-refractivity contribution in [2.45, 2.75) is 18.4 Å². The van der Waals surface area contributed by atoms with Crippen LogP contribution in [0.1, 0.15) is 21.9 Å². The Morgan fingerprint density at radius 2 is 1.76 bits per heavy atom. The summed E-state index contributed by atoms with van der Waals surface area (Å²) >= 11 is 0. The molecule has 33 heavy (non-hydrogen) atoms. The number of nitrogens with zero attached hydrogens (tertiary/aromatic N) is 2. The monoisotopic (exact) mass is 464 g/mol. The van der Waals surface area contributed by atoms with E-state index in [0.29, 0.717) is 17.2 Å². The highest BCUT2D eigenvalue weighted by atomic mass is 32.2. The molecular weight excluding hydrogens is 444 g/mol. The Hall–Kier alpha value is -4.18. The summed E-state index contributed by atoms with van der Waals surface area (Å²) in [5, 5.41) is 2.67. The lowest BCUT2D eigenvalue weighted by molar-refractivity contribution is 0.0992. The number of benzene rings is 2. The average Bonchev–Trinajstić information content (AvgIpc) is 3.28. The topological polar surface area (TPSA) is 123 Å². The molecule has 0 unspecified atom stereocenters. The molecule has 0 spiro atoms. The van der Waals surface area contributed by atoms with Crippen LogP contribution in [0.25, 0.3) is 0 Å². The molecule has 10 heteroatoms. The average molecular weight is 465 g/mol. The molecule has 0 saturated heterocycles. The molecular formula is C23H20N4O5S. The van der Waals surface area contributed by atoms with E-state index in [-0.39, 0.29) is 23.2 Å². The van der Waals surface area contributed by atoms with E-state index in [9.17, 15) is 13.2 Å². The maximum Gasteiger partial charge on any atom is 0.291 e. The molecule has 168 valence electrons.